The Bertz CT molecular complexity index is 566. The van der Waals surface area contributed by atoms with E-state index in [1.807, 2.05) is 13.0 Å². The Labute approximate surface area is 126 Å². The van der Waals surface area contributed by atoms with Crippen LogP contribution in [0.2, 0.25) is 0 Å². The molecular weight excluding hydrogens is 262 g/mol. The van der Waals surface area contributed by atoms with Crippen LogP contribution in [0.25, 0.3) is 0 Å². The fourth-order valence-corrected chi connectivity index (χ4v) is 3.05. The van der Waals surface area contributed by atoms with Gasteiger partial charge in [-0.05, 0) is 18.9 Å². The van der Waals surface area contributed by atoms with Crippen LogP contribution in [0.3, 0.4) is 0 Å². The van der Waals surface area contributed by atoms with Crippen LogP contribution < -0.4 is 5.32 Å². The zero-order valence-electron chi connectivity index (χ0n) is 12.7. The van der Waals surface area contributed by atoms with Gasteiger partial charge in [0.15, 0.2) is 5.76 Å². The number of rotatable bonds is 4. The van der Waals surface area contributed by atoms with Gasteiger partial charge >= 0.3 is 0 Å². The molecule has 1 N–H and O–H groups in total. The minimum absolute atomic E-state index is 0.387. The van der Waals surface area contributed by atoms with Gasteiger partial charge in [-0.15, -0.1) is 0 Å². The number of aromatic nitrogens is 1. The van der Waals surface area contributed by atoms with E-state index in [-0.39, 0.29) is 0 Å². The van der Waals surface area contributed by atoms with Gasteiger partial charge in [0, 0.05) is 31.2 Å². The van der Waals surface area contributed by atoms with Crippen LogP contribution >= 0.6 is 0 Å². The molecule has 2 unspecified atom stereocenters. The molecule has 1 fully saturated rings. The Morgan fingerprint density at radius 3 is 2.81 bits per heavy atom. The third kappa shape index (κ3) is 3.34. The highest BCUT2D eigenvalue weighted by molar-refractivity contribution is 5.20. The zero-order chi connectivity index (χ0) is 14.7. The van der Waals surface area contributed by atoms with E-state index in [1.54, 1.807) is 0 Å². The Hall–Kier alpha value is -1.65. The molecule has 1 aliphatic heterocycles. The highest BCUT2D eigenvalue weighted by Crippen LogP contribution is 2.23. The fourth-order valence-electron chi connectivity index (χ4n) is 3.05. The number of hydrogen-bond donors (Lipinski definition) is 1. The van der Waals surface area contributed by atoms with Gasteiger partial charge in [-0.2, -0.15) is 0 Å². The molecule has 0 saturated carbocycles. The topological polar surface area (TPSA) is 41.3 Å². The van der Waals surface area contributed by atoms with E-state index in [2.05, 4.69) is 52.6 Å². The maximum absolute atomic E-state index is 5.39. The summed E-state index contributed by atoms with van der Waals surface area (Å²) in [7, 11) is 0. The van der Waals surface area contributed by atoms with Gasteiger partial charge < -0.3 is 9.84 Å². The summed E-state index contributed by atoms with van der Waals surface area (Å²) in [5.74, 6) is 0.958. The second kappa shape index (κ2) is 6.41. The molecule has 2 atom stereocenters. The summed E-state index contributed by atoms with van der Waals surface area (Å²) in [5.41, 5.74) is 2.30. The van der Waals surface area contributed by atoms with Crippen molar-refractivity contribution in [2.75, 3.05) is 13.1 Å². The van der Waals surface area contributed by atoms with Crippen molar-refractivity contribution >= 4 is 0 Å². The van der Waals surface area contributed by atoms with Crippen molar-refractivity contribution in [2.45, 2.75) is 38.9 Å². The largest absolute Gasteiger partial charge is 0.360 e. The molecule has 112 valence electrons. The third-order valence-electron chi connectivity index (χ3n) is 4.24. The molecule has 4 heteroatoms. The Morgan fingerprint density at radius 2 is 2.14 bits per heavy atom. The van der Waals surface area contributed by atoms with Crippen LogP contribution in [0.1, 0.15) is 36.4 Å². The van der Waals surface area contributed by atoms with Crippen molar-refractivity contribution in [3.8, 4) is 0 Å². The van der Waals surface area contributed by atoms with Crippen molar-refractivity contribution < 1.29 is 4.52 Å². The lowest BCUT2D eigenvalue weighted by atomic mass is 10.0. The van der Waals surface area contributed by atoms with Crippen molar-refractivity contribution in [1.29, 1.82) is 0 Å². The molecule has 0 spiro atoms. The van der Waals surface area contributed by atoms with Crippen molar-refractivity contribution in [3.63, 3.8) is 0 Å². The summed E-state index contributed by atoms with van der Waals surface area (Å²) < 4.78 is 5.39. The highest BCUT2D eigenvalue weighted by atomic mass is 16.5. The minimum Gasteiger partial charge on any atom is -0.360 e. The van der Waals surface area contributed by atoms with Gasteiger partial charge in [0.25, 0.3) is 0 Å². The average molecular weight is 285 g/mol. The van der Waals surface area contributed by atoms with Crippen molar-refractivity contribution in [2.24, 2.45) is 0 Å². The van der Waals surface area contributed by atoms with Crippen molar-refractivity contribution in [3.05, 3.63) is 53.4 Å². The van der Waals surface area contributed by atoms with Crippen LogP contribution in [-0.2, 0) is 6.54 Å². The lowest BCUT2D eigenvalue weighted by Crippen LogP contribution is -2.51. The Morgan fingerprint density at radius 1 is 1.33 bits per heavy atom. The average Bonchev–Trinajstić information content (AvgIpc) is 2.93. The summed E-state index contributed by atoms with van der Waals surface area (Å²) >= 11 is 0. The molecule has 1 saturated heterocycles. The molecule has 1 aromatic carbocycles. The summed E-state index contributed by atoms with van der Waals surface area (Å²) in [6, 6.07) is 13.6. The fraction of sp³-hybridized carbons (Fsp3) is 0.471. The summed E-state index contributed by atoms with van der Waals surface area (Å²) in [4.78, 5) is 2.51. The third-order valence-corrected chi connectivity index (χ3v) is 4.24. The first-order chi connectivity index (χ1) is 10.3. The van der Waals surface area contributed by atoms with Gasteiger partial charge in [-0.1, -0.05) is 42.4 Å². The van der Waals surface area contributed by atoms with Gasteiger partial charge in [0.05, 0.1) is 12.2 Å². The molecule has 21 heavy (non-hydrogen) atoms. The van der Waals surface area contributed by atoms with Crippen LogP contribution in [0.4, 0.5) is 0 Å². The standard InChI is InChI=1S/C17H23N3O/c1-3-15-10-18-17(14-7-5-4-6-8-14)12-20(15)11-16-9-13(2)19-21-16/h4-9,15,17-18H,3,10-12H2,1-2H3. The molecule has 2 heterocycles. The summed E-state index contributed by atoms with van der Waals surface area (Å²) in [5, 5.41) is 7.66. The number of nitrogens with one attached hydrogen (secondary N) is 1. The van der Waals surface area contributed by atoms with Gasteiger partial charge in [0.2, 0.25) is 0 Å². The first-order valence-corrected chi connectivity index (χ1v) is 7.71. The van der Waals surface area contributed by atoms with Gasteiger partial charge in [-0.3, -0.25) is 4.90 Å². The monoisotopic (exact) mass is 285 g/mol. The van der Waals surface area contributed by atoms with Gasteiger partial charge in [0.1, 0.15) is 0 Å². The normalized spacial score (nSPS) is 23.3. The minimum atomic E-state index is 0.387. The molecule has 0 amide bonds. The lowest BCUT2D eigenvalue weighted by molar-refractivity contribution is 0.107. The van der Waals surface area contributed by atoms with Crippen LogP contribution in [-0.4, -0.2) is 29.2 Å². The lowest BCUT2D eigenvalue weighted by Gasteiger charge is -2.39. The molecule has 1 aromatic heterocycles. The van der Waals surface area contributed by atoms with E-state index >= 15 is 0 Å². The van der Waals surface area contributed by atoms with E-state index in [0.29, 0.717) is 12.1 Å². The van der Waals surface area contributed by atoms with E-state index in [9.17, 15) is 0 Å². The number of aryl methyl sites for hydroxylation is 1. The Kier molecular flexibility index (Phi) is 4.36. The van der Waals surface area contributed by atoms with Gasteiger partial charge in [-0.25, -0.2) is 0 Å². The van der Waals surface area contributed by atoms with Crippen LogP contribution in [0.15, 0.2) is 40.9 Å². The number of nitrogens with zero attached hydrogens (tertiary/aromatic N) is 2. The molecule has 3 rings (SSSR count). The SMILES string of the molecule is CCC1CNC(c2ccccc2)CN1Cc1cc(C)no1. The molecule has 4 nitrogen and oxygen atoms in total. The first kappa shape index (κ1) is 14.3. The quantitative estimate of drug-likeness (QED) is 0.938. The smallest absolute Gasteiger partial charge is 0.150 e. The number of benzene rings is 1. The number of piperazine rings is 1. The second-order valence-electron chi connectivity index (χ2n) is 5.80. The second-order valence-corrected chi connectivity index (χ2v) is 5.80. The Balaban J connectivity index is 1.72. The zero-order valence-corrected chi connectivity index (χ0v) is 12.7. The molecule has 1 aliphatic rings. The van der Waals surface area contributed by atoms with E-state index in [4.69, 9.17) is 4.52 Å². The maximum atomic E-state index is 5.39. The summed E-state index contributed by atoms with van der Waals surface area (Å²) in [6.07, 6.45) is 1.14. The van der Waals surface area contributed by atoms with E-state index in [0.717, 1.165) is 37.5 Å². The molecule has 2 aromatic rings. The van der Waals surface area contributed by atoms with Crippen molar-refractivity contribution in [1.82, 2.24) is 15.4 Å². The van der Waals surface area contributed by atoms with Crippen LogP contribution in [0.5, 0.6) is 0 Å². The highest BCUT2D eigenvalue weighted by Gasteiger charge is 2.28. The van der Waals surface area contributed by atoms with E-state index in [1.165, 1.54) is 5.56 Å². The first-order valence-electron chi connectivity index (χ1n) is 7.71. The molecule has 0 radical (unpaired) electrons. The predicted molar refractivity (Wildman–Crippen MR) is 82.9 cm³/mol. The maximum Gasteiger partial charge on any atom is 0.150 e. The van der Waals surface area contributed by atoms with E-state index < -0.39 is 0 Å². The molecular formula is C17H23N3O. The molecule has 0 bridgehead atoms. The summed E-state index contributed by atoms with van der Waals surface area (Å²) in [6.45, 7) is 7.07. The molecule has 0 aliphatic carbocycles. The van der Waals surface area contributed by atoms with Crippen LogP contribution in [0, 0.1) is 6.92 Å². The predicted octanol–water partition coefficient (Wildman–Crippen LogP) is 2.91. The number of hydrogen-bond acceptors (Lipinski definition) is 4.